The van der Waals surface area contributed by atoms with Gasteiger partial charge in [0.05, 0.1) is 20.1 Å². The van der Waals surface area contributed by atoms with Crippen molar-refractivity contribution in [2.24, 2.45) is 0 Å². The van der Waals surface area contributed by atoms with Crippen LogP contribution in [0.5, 0.6) is 11.5 Å². The molecule has 2 aromatic carbocycles. The van der Waals surface area contributed by atoms with E-state index in [-0.39, 0.29) is 11.8 Å². The number of methoxy groups -OCH3 is 2. The van der Waals surface area contributed by atoms with Crippen molar-refractivity contribution < 1.29 is 14.3 Å². The molecule has 1 amide bonds. The maximum absolute atomic E-state index is 12.3. The van der Waals surface area contributed by atoms with Gasteiger partial charge in [-0.1, -0.05) is 22.0 Å². The van der Waals surface area contributed by atoms with Crippen molar-refractivity contribution in [3.05, 3.63) is 52.0 Å². The van der Waals surface area contributed by atoms with Gasteiger partial charge in [0, 0.05) is 16.2 Å². The molecule has 5 heteroatoms. The summed E-state index contributed by atoms with van der Waals surface area (Å²) >= 11 is 3.46. The van der Waals surface area contributed by atoms with Crippen LogP contribution in [0.15, 0.2) is 40.9 Å². The number of ether oxygens (including phenoxy) is 2. The van der Waals surface area contributed by atoms with E-state index in [1.807, 2.05) is 36.4 Å². The van der Waals surface area contributed by atoms with Crippen molar-refractivity contribution in [3.8, 4) is 11.5 Å². The summed E-state index contributed by atoms with van der Waals surface area (Å²) in [4.78, 5) is 12.3. The molecule has 0 bridgehead atoms. The Bertz CT molecular complexity index is 730. The molecular formula is C17H16BrNO3. The van der Waals surface area contributed by atoms with E-state index in [0.717, 1.165) is 32.8 Å². The zero-order valence-corrected chi connectivity index (χ0v) is 13.9. The second kappa shape index (κ2) is 6.01. The van der Waals surface area contributed by atoms with Crippen LogP contribution in [0.25, 0.3) is 0 Å². The highest BCUT2D eigenvalue weighted by atomic mass is 79.9. The third-order valence-electron chi connectivity index (χ3n) is 3.88. The molecule has 0 aromatic heterocycles. The molecule has 114 valence electrons. The second-order valence-electron chi connectivity index (χ2n) is 5.16. The number of hydrogen-bond donors (Lipinski definition) is 1. The molecule has 4 nitrogen and oxygen atoms in total. The molecule has 1 aliphatic rings. The average Bonchev–Trinajstić information content (AvgIpc) is 2.83. The van der Waals surface area contributed by atoms with E-state index in [9.17, 15) is 4.79 Å². The van der Waals surface area contributed by atoms with Crippen molar-refractivity contribution in [2.45, 2.75) is 12.3 Å². The van der Waals surface area contributed by atoms with Gasteiger partial charge in [0.25, 0.3) is 0 Å². The molecule has 0 spiro atoms. The maximum atomic E-state index is 12.3. The summed E-state index contributed by atoms with van der Waals surface area (Å²) in [6.45, 7) is 0. The lowest BCUT2D eigenvalue weighted by atomic mass is 9.93. The minimum Gasteiger partial charge on any atom is -0.497 e. The zero-order valence-electron chi connectivity index (χ0n) is 12.4. The lowest BCUT2D eigenvalue weighted by Crippen LogP contribution is -2.14. The number of rotatable bonds is 4. The highest BCUT2D eigenvalue weighted by Crippen LogP contribution is 2.38. The van der Waals surface area contributed by atoms with Crippen LogP contribution >= 0.6 is 15.9 Å². The Morgan fingerprint density at radius 2 is 1.95 bits per heavy atom. The van der Waals surface area contributed by atoms with E-state index in [2.05, 4.69) is 21.2 Å². The van der Waals surface area contributed by atoms with Crippen molar-refractivity contribution in [1.29, 1.82) is 0 Å². The number of fused-ring (bicyclic) bond motifs is 1. The van der Waals surface area contributed by atoms with E-state index in [4.69, 9.17) is 9.47 Å². The second-order valence-corrected chi connectivity index (χ2v) is 6.07. The van der Waals surface area contributed by atoms with Gasteiger partial charge in [-0.25, -0.2) is 0 Å². The summed E-state index contributed by atoms with van der Waals surface area (Å²) in [5.41, 5.74) is 2.87. The molecule has 1 aliphatic heterocycles. The predicted molar refractivity (Wildman–Crippen MR) is 88.8 cm³/mol. The minimum atomic E-state index is -0.213. The van der Waals surface area contributed by atoms with Crippen LogP contribution in [0.4, 0.5) is 5.69 Å². The van der Waals surface area contributed by atoms with Crippen LogP contribution in [-0.2, 0) is 11.2 Å². The summed E-state index contributed by atoms with van der Waals surface area (Å²) in [7, 11) is 3.24. The highest BCUT2D eigenvalue weighted by molar-refractivity contribution is 9.10. The standard InChI is InChI=1S/C17H16BrNO3/c1-21-12-5-3-10(16(9-12)22-2)7-14-13-8-11(18)4-6-15(13)19-17(14)20/h3-6,8-9,14H,7H2,1-2H3,(H,19,20)/t14-/m1/s1. The first kappa shape index (κ1) is 14.9. The molecule has 0 saturated carbocycles. The fourth-order valence-corrected chi connectivity index (χ4v) is 3.12. The fraction of sp³-hybridized carbons (Fsp3) is 0.235. The molecule has 0 fully saturated rings. The van der Waals surface area contributed by atoms with Crippen LogP contribution < -0.4 is 14.8 Å². The molecule has 0 unspecified atom stereocenters. The van der Waals surface area contributed by atoms with E-state index < -0.39 is 0 Å². The molecular weight excluding hydrogens is 346 g/mol. The van der Waals surface area contributed by atoms with Gasteiger partial charge in [-0.2, -0.15) is 0 Å². The minimum absolute atomic E-state index is 0.0194. The lowest BCUT2D eigenvalue weighted by molar-refractivity contribution is -0.117. The molecule has 1 heterocycles. The molecule has 1 N–H and O–H groups in total. The topological polar surface area (TPSA) is 47.6 Å². The SMILES string of the molecule is COc1ccc(C[C@H]2C(=O)Nc3ccc(Br)cc32)c(OC)c1. The van der Waals surface area contributed by atoms with Crippen LogP contribution in [0, 0.1) is 0 Å². The quantitative estimate of drug-likeness (QED) is 0.901. The van der Waals surface area contributed by atoms with Gasteiger partial charge in [-0.15, -0.1) is 0 Å². The molecule has 2 aromatic rings. The first-order chi connectivity index (χ1) is 10.6. The van der Waals surface area contributed by atoms with Crippen LogP contribution in [-0.4, -0.2) is 20.1 Å². The van der Waals surface area contributed by atoms with Gasteiger partial charge in [0.1, 0.15) is 11.5 Å². The Balaban J connectivity index is 1.94. The number of hydrogen-bond acceptors (Lipinski definition) is 3. The zero-order chi connectivity index (χ0) is 15.7. The van der Waals surface area contributed by atoms with Gasteiger partial charge in [0.15, 0.2) is 0 Å². The lowest BCUT2D eigenvalue weighted by Gasteiger charge is -2.14. The van der Waals surface area contributed by atoms with Crippen LogP contribution in [0.2, 0.25) is 0 Å². The van der Waals surface area contributed by atoms with E-state index in [1.165, 1.54) is 0 Å². The predicted octanol–water partition coefficient (Wildman–Crippen LogP) is 3.74. The number of amides is 1. The van der Waals surface area contributed by atoms with Crippen molar-refractivity contribution in [1.82, 2.24) is 0 Å². The number of anilines is 1. The van der Waals surface area contributed by atoms with Gasteiger partial charge >= 0.3 is 0 Å². The maximum Gasteiger partial charge on any atom is 0.232 e. The van der Waals surface area contributed by atoms with Gasteiger partial charge in [0.2, 0.25) is 5.91 Å². The summed E-state index contributed by atoms with van der Waals surface area (Å²) in [6.07, 6.45) is 0.586. The Morgan fingerprint density at radius 1 is 1.14 bits per heavy atom. The Hall–Kier alpha value is -2.01. The van der Waals surface area contributed by atoms with Gasteiger partial charge in [-0.05, 0) is 41.8 Å². The first-order valence-corrected chi connectivity index (χ1v) is 7.73. The van der Waals surface area contributed by atoms with Crippen molar-refractivity contribution >= 4 is 27.5 Å². The van der Waals surface area contributed by atoms with E-state index >= 15 is 0 Å². The van der Waals surface area contributed by atoms with Gasteiger partial charge < -0.3 is 14.8 Å². The number of benzene rings is 2. The number of halogens is 1. The third-order valence-corrected chi connectivity index (χ3v) is 4.37. The summed E-state index contributed by atoms with van der Waals surface area (Å²) in [5, 5.41) is 2.93. The molecule has 1 atom stereocenters. The molecule has 22 heavy (non-hydrogen) atoms. The largest absolute Gasteiger partial charge is 0.497 e. The first-order valence-electron chi connectivity index (χ1n) is 6.93. The highest BCUT2D eigenvalue weighted by Gasteiger charge is 2.31. The van der Waals surface area contributed by atoms with Crippen molar-refractivity contribution in [3.63, 3.8) is 0 Å². The molecule has 0 saturated heterocycles. The molecule has 3 rings (SSSR count). The average molecular weight is 362 g/mol. The van der Waals surface area contributed by atoms with E-state index in [0.29, 0.717) is 6.42 Å². The Morgan fingerprint density at radius 3 is 2.68 bits per heavy atom. The van der Waals surface area contributed by atoms with E-state index in [1.54, 1.807) is 14.2 Å². The summed E-state index contributed by atoms with van der Waals surface area (Å²) < 4.78 is 11.6. The monoisotopic (exact) mass is 361 g/mol. The van der Waals surface area contributed by atoms with Crippen LogP contribution in [0.3, 0.4) is 0 Å². The summed E-state index contributed by atoms with van der Waals surface area (Å²) in [5.74, 6) is 1.27. The molecule has 0 radical (unpaired) electrons. The number of carbonyl (C=O) groups excluding carboxylic acids is 1. The number of carbonyl (C=O) groups is 1. The normalized spacial score (nSPS) is 16.1. The van der Waals surface area contributed by atoms with Gasteiger partial charge in [-0.3, -0.25) is 4.79 Å². The third kappa shape index (κ3) is 2.68. The fourth-order valence-electron chi connectivity index (χ4n) is 2.74. The summed E-state index contributed by atoms with van der Waals surface area (Å²) in [6, 6.07) is 11.5. The Labute approximate surface area is 137 Å². The van der Waals surface area contributed by atoms with Crippen molar-refractivity contribution in [2.75, 3.05) is 19.5 Å². The Kier molecular flexibility index (Phi) is 4.07. The number of nitrogens with one attached hydrogen (secondary N) is 1. The molecule has 0 aliphatic carbocycles. The smallest absolute Gasteiger partial charge is 0.232 e. The van der Waals surface area contributed by atoms with Crippen LogP contribution in [0.1, 0.15) is 17.0 Å².